The van der Waals surface area contributed by atoms with Gasteiger partial charge in [-0.15, -0.1) is 35.7 Å². The predicted molar refractivity (Wildman–Crippen MR) is 224 cm³/mol. The summed E-state index contributed by atoms with van der Waals surface area (Å²) >= 11 is 0. The first-order valence-corrected chi connectivity index (χ1v) is 18.7. The SMILES string of the molecule is Cc1cc2c(cc1C)n1c3ccccc3nc1n2-c1[c-]c(-n2c3[c-]c(-n4c5cc(C)c(C)cc5n5c6ccccc6nc45)ccc3c3ccccc32)ccc1.[Pt+2]. The molecule has 12 rings (SSSR count). The molecule has 0 bridgehead atoms. The van der Waals surface area contributed by atoms with Crippen LogP contribution in [0.25, 0.3) is 94.6 Å². The quantitative estimate of drug-likeness (QED) is 0.166. The molecule has 7 nitrogen and oxygen atoms in total. The van der Waals surface area contributed by atoms with Crippen molar-refractivity contribution in [3.63, 3.8) is 0 Å². The van der Waals surface area contributed by atoms with E-state index in [1.54, 1.807) is 0 Å². The molecule has 0 atom stereocenters. The summed E-state index contributed by atoms with van der Waals surface area (Å²) in [5.74, 6) is 1.74. The predicted octanol–water partition coefficient (Wildman–Crippen LogP) is 11.1. The Labute approximate surface area is 335 Å². The van der Waals surface area contributed by atoms with Gasteiger partial charge in [-0.25, -0.2) is 9.97 Å². The van der Waals surface area contributed by atoms with Crippen molar-refractivity contribution >= 4 is 77.5 Å². The van der Waals surface area contributed by atoms with Crippen LogP contribution in [0.1, 0.15) is 22.3 Å². The maximum Gasteiger partial charge on any atom is 2.00 e. The Morgan fingerprint density at radius 1 is 0.393 bits per heavy atom. The number of imidazole rings is 4. The van der Waals surface area contributed by atoms with Gasteiger partial charge in [0.05, 0.1) is 44.1 Å². The second kappa shape index (κ2) is 11.8. The first-order valence-electron chi connectivity index (χ1n) is 18.7. The summed E-state index contributed by atoms with van der Waals surface area (Å²) in [4.78, 5) is 10.4. The van der Waals surface area contributed by atoms with E-state index in [4.69, 9.17) is 9.97 Å². The van der Waals surface area contributed by atoms with Crippen molar-refractivity contribution in [2.24, 2.45) is 0 Å². The number of rotatable bonds is 3. The third-order valence-electron chi connectivity index (χ3n) is 11.7. The van der Waals surface area contributed by atoms with Crippen molar-refractivity contribution in [3.05, 3.63) is 162 Å². The van der Waals surface area contributed by atoms with E-state index < -0.39 is 0 Å². The van der Waals surface area contributed by atoms with Gasteiger partial charge in [-0.05, 0) is 110 Å². The van der Waals surface area contributed by atoms with Gasteiger partial charge in [0.15, 0.2) is 0 Å². The number of aromatic nitrogens is 7. The molecule has 12 aromatic rings. The van der Waals surface area contributed by atoms with Crippen LogP contribution in [0.4, 0.5) is 0 Å². The van der Waals surface area contributed by atoms with Gasteiger partial charge in [0, 0.05) is 5.52 Å². The van der Waals surface area contributed by atoms with Crippen molar-refractivity contribution in [2.45, 2.75) is 27.7 Å². The van der Waals surface area contributed by atoms with Crippen LogP contribution in [0.15, 0.2) is 127 Å². The second-order valence-corrected chi connectivity index (χ2v) is 14.9. The van der Waals surface area contributed by atoms with Gasteiger partial charge < -0.3 is 13.7 Å². The second-order valence-electron chi connectivity index (χ2n) is 14.9. The molecule has 0 saturated carbocycles. The van der Waals surface area contributed by atoms with Crippen molar-refractivity contribution in [1.29, 1.82) is 0 Å². The summed E-state index contributed by atoms with van der Waals surface area (Å²) < 4.78 is 11.4. The van der Waals surface area contributed by atoms with Gasteiger partial charge in [-0.3, -0.25) is 8.80 Å². The van der Waals surface area contributed by atoms with Crippen molar-refractivity contribution < 1.29 is 21.1 Å². The standard InChI is InChI=1S/C48H33N7.Pt/c1-28-22-43-45(24-30(28)3)54-40-18-9-6-15-37(40)49-47(54)52(43)33-13-11-12-32(26-33)51-39-17-8-5-14-35(39)36-21-20-34(27-42(36)51)53-44-23-29(2)31(4)25-46(44)55-41-19-10-7-16-38(41)50-48(53)55;/h5-25H,1-4H3;/q-2;+2. The van der Waals surface area contributed by atoms with E-state index in [-0.39, 0.29) is 21.1 Å². The van der Waals surface area contributed by atoms with Crippen LogP contribution in [0, 0.1) is 39.8 Å². The molecule has 5 aromatic heterocycles. The van der Waals surface area contributed by atoms with E-state index in [1.807, 2.05) is 0 Å². The number of para-hydroxylation sites is 5. The summed E-state index contributed by atoms with van der Waals surface area (Å²) in [7, 11) is 0. The average Bonchev–Trinajstić information content (AvgIpc) is 3.98. The fraction of sp³-hybridized carbons (Fsp3) is 0.0833. The zero-order chi connectivity index (χ0) is 36.7. The number of nitrogens with zero attached hydrogens (tertiary/aromatic N) is 7. The van der Waals surface area contributed by atoms with Crippen LogP contribution in [0.2, 0.25) is 0 Å². The molecule has 0 aliphatic carbocycles. The molecular formula is C48H33N7Pt. The normalized spacial score (nSPS) is 12.1. The third kappa shape index (κ3) is 4.37. The van der Waals surface area contributed by atoms with Gasteiger partial charge >= 0.3 is 21.1 Å². The third-order valence-corrected chi connectivity index (χ3v) is 11.7. The largest absolute Gasteiger partial charge is 2.00 e. The number of fused-ring (bicyclic) bond motifs is 13. The minimum atomic E-state index is 0. The molecule has 7 aromatic carbocycles. The minimum Gasteiger partial charge on any atom is -0.358 e. The molecule has 5 heterocycles. The fourth-order valence-electron chi connectivity index (χ4n) is 8.75. The zero-order valence-corrected chi connectivity index (χ0v) is 33.3. The van der Waals surface area contributed by atoms with Crippen molar-refractivity contribution in [1.82, 2.24) is 32.5 Å². The average molecular weight is 903 g/mol. The van der Waals surface area contributed by atoms with E-state index in [1.165, 1.54) is 27.6 Å². The summed E-state index contributed by atoms with van der Waals surface area (Å²) in [5, 5.41) is 2.30. The summed E-state index contributed by atoms with van der Waals surface area (Å²) in [6.07, 6.45) is 0. The number of hydrogen-bond donors (Lipinski definition) is 0. The van der Waals surface area contributed by atoms with E-state index in [2.05, 4.69) is 190 Å². The fourth-order valence-corrected chi connectivity index (χ4v) is 8.75. The van der Waals surface area contributed by atoms with E-state index in [0.717, 1.165) is 89.2 Å². The molecule has 0 fully saturated rings. The number of benzene rings is 7. The molecule has 270 valence electrons. The van der Waals surface area contributed by atoms with Crippen LogP contribution >= 0.6 is 0 Å². The van der Waals surface area contributed by atoms with Gasteiger partial charge in [0.25, 0.3) is 0 Å². The van der Waals surface area contributed by atoms with Gasteiger partial charge in [-0.1, -0.05) is 65.0 Å². The van der Waals surface area contributed by atoms with Gasteiger partial charge in [0.2, 0.25) is 11.6 Å². The maximum atomic E-state index is 5.19. The number of hydrogen-bond acceptors (Lipinski definition) is 2. The maximum absolute atomic E-state index is 5.19. The molecular weight excluding hydrogens is 870 g/mol. The van der Waals surface area contributed by atoms with Crippen LogP contribution in [-0.4, -0.2) is 32.5 Å². The molecule has 0 spiro atoms. The molecule has 8 heteroatoms. The molecule has 0 aliphatic rings. The molecule has 0 radical (unpaired) electrons. The van der Waals surface area contributed by atoms with Crippen molar-refractivity contribution in [3.8, 4) is 17.1 Å². The van der Waals surface area contributed by atoms with Gasteiger partial charge in [0.1, 0.15) is 0 Å². The summed E-state index contributed by atoms with van der Waals surface area (Å²) in [6, 6.07) is 53.1. The Balaban J connectivity index is 0.00000363. The van der Waals surface area contributed by atoms with E-state index >= 15 is 0 Å². The Morgan fingerprint density at radius 3 is 1.43 bits per heavy atom. The Hall–Kier alpha value is -6.43. The minimum absolute atomic E-state index is 0. The van der Waals surface area contributed by atoms with Crippen LogP contribution in [-0.2, 0) is 21.1 Å². The van der Waals surface area contributed by atoms with Gasteiger partial charge in [-0.2, -0.15) is 12.1 Å². The number of aryl methyl sites for hydroxylation is 4. The molecule has 0 unspecified atom stereocenters. The Kier molecular flexibility index (Phi) is 6.93. The van der Waals surface area contributed by atoms with Crippen LogP contribution in [0.3, 0.4) is 0 Å². The van der Waals surface area contributed by atoms with E-state index in [9.17, 15) is 0 Å². The monoisotopic (exact) mass is 902 g/mol. The van der Waals surface area contributed by atoms with Crippen LogP contribution < -0.4 is 0 Å². The molecule has 56 heavy (non-hydrogen) atoms. The first-order chi connectivity index (χ1) is 26.9. The molecule has 0 N–H and O–H groups in total. The Bertz CT molecular complexity index is 3610. The smallest absolute Gasteiger partial charge is 0.358 e. The summed E-state index contributed by atoms with van der Waals surface area (Å²) in [6.45, 7) is 8.71. The zero-order valence-electron chi connectivity index (χ0n) is 31.1. The molecule has 0 amide bonds. The topological polar surface area (TPSA) is 49.4 Å². The Morgan fingerprint density at radius 2 is 0.857 bits per heavy atom. The van der Waals surface area contributed by atoms with E-state index in [0.29, 0.717) is 0 Å². The van der Waals surface area contributed by atoms with Crippen LogP contribution in [0.5, 0.6) is 0 Å². The summed E-state index contributed by atoms with van der Waals surface area (Å²) in [5.41, 5.74) is 18.4. The first kappa shape index (κ1) is 33.0. The molecule has 0 aliphatic heterocycles. The van der Waals surface area contributed by atoms with Crippen molar-refractivity contribution in [2.75, 3.05) is 0 Å². The molecule has 0 saturated heterocycles.